The molecule has 1 unspecified atom stereocenters. The van der Waals surface area contributed by atoms with Crippen molar-refractivity contribution in [3.8, 4) is 0 Å². The van der Waals surface area contributed by atoms with E-state index in [1.165, 1.54) is 0 Å². The first-order chi connectivity index (χ1) is 6.91. The van der Waals surface area contributed by atoms with E-state index in [1.807, 2.05) is 30.3 Å². The number of hydrogen-bond acceptors (Lipinski definition) is 1. The molecule has 1 aromatic carbocycles. The van der Waals surface area contributed by atoms with E-state index in [0.717, 1.165) is 10.1 Å². The maximum Gasteiger partial charge on any atom is 0.0891 e. The maximum atomic E-state index is 11.7. The SMILES string of the molecule is CS(=O)/C(=C/c1ccccc1)[Si](C)(C)C. The van der Waals surface area contributed by atoms with Crippen molar-refractivity contribution >= 4 is 24.9 Å². The van der Waals surface area contributed by atoms with Crippen LogP contribution in [0, 0.1) is 0 Å². The summed E-state index contributed by atoms with van der Waals surface area (Å²) in [6, 6.07) is 10.1. The average molecular weight is 238 g/mol. The predicted octanol–water partition coefficient (Wildman–Crippen LogP) is 3.28. The summed E-state index contributed by atoms with van der Waals surface area (Å²) in [7, 11) is -2.32. The van der Waals surface area contributed by atoms with E-state index in [9.17, 15) is 4.21 Å². The van der Waals surface area contributed by atoms with Gasteiger partial charge < -0.3 is 0 Å². The summed E-state index contributed by atoms with van der Waals surface area (Å²) in [6.07, 6.45) is 3.86. The van der Waals surface area contributed by atoms with Gasteiger partial charge in [-0.05, 0) is 11.6 Å². The van der Waals surface area contributed by atoms with Gasteiger partial charge in [-0.15, -0.1) is 0 Å². The molecule has 0 spiro atoms. The first kappa shape index (κ1) is 12.4. The Labute approximate surface area is 95.7 Å². The monoisotopic (exact) mass is 238 g/mol. The summed E-state index contributed by atoms with van der Waals surface area (Å²) in [5.74, 6) is 0. The van der Waals surface area contributed by atoms with Gasteiger partial charge in [-0.25, -0.2) is 0 Å². The van der Waals surface area contributed by atoms with Crippen molar-refractivity contribution in [1.82, 2.24) is 0 Å². The topological polar surface area (TPSA) is 17.1 Å². The Hall–Kier alpha value is -0.673. The lowest BCUT2D eigenvalue weighted by Crippen LogP contribution is -2.26. The Morgan fingerprint density at radius 1 is 1.20 bits per heavy atom. The van der Waals surface area contributed by atoms with Gasteiger partial charge in [0.2, 0.25) is 0 Å². The molecule has 1 aromatic rings. The second-order valence-corrected chi connectivity index (χ2v) is 11.4. The van der Waals surface area contributed by atoms with Crippen LogP contribution in [0.4, 0.5) is 0 Å². The zero-order valence-electron chi connectivity index (χ0n) is 9.78. The fourth-order valence-electron chi connectivity index (χ4n) is 1.43. The molecule has 0 bridgehead atoms. The molecule has 82 valence electrons. The molecule has 0 saturated carbocycles. The number of benzene rings is 1. The van der Waals surface area contributed by atoms with E-state index in [1.54, 1.807) is 6.26 Å². The molecule has 3 heteroatoms. The van der Waals surface area contributed by atoms with E-state index in [4.69, 9.17) is 0 Å². The van der Waals surface area contributed by atoms with Gasteiger partial charge in [0.1, 0.15) is 0 Å². The first-order valence-electron chi connectivity index (χ1n) is 5.02. The van der Waals surface area contributed by atoms with Crippen molar-refractivity contribution in [3.63, 3.8) is 0 Å². The van der Waals surface area contributed by atoms with Gasteiger partial charge in [-0.3, -0.25) is 4.21 Å². The maximum absolute atomic E-state index is 11.7. The van der Waals surface area contributed by atoms with Gasteiger partial charge in [0.15, 0.2) is 0 Å². The fourth-order valence-corrected chi connectivity index (χ4v) is 5.78. The van der Waals surface area contributed by atoms with Crippen molar-refractivity contribution in [1.29, 1.82) is 0 Å². The summed E-state index contributed by atoms with van der Waals surface area (Å²) in [4.78, 5) is 0. The van der Waals surface area contributed by atoms with E-state index < -0.39 is 18.9 Å². The summed E-state index contributed by atoms with van der Waals surface area (Å²) in [5.41, 5.74) is 1.14. The van der Waals surface area contributed by atoms with Gasteiger partial charge in [0.25, 0.3) is 0 Å². The zero-order chi connectivity index (χ0) is 11.5. The van der Waals surface area contributed by atoms with E-state index in [2.05, 4.69) is 25.7 Å². The summed E-state index contributed by atoms with van der Waals surface area (Å²) in [5, 5.41) is 0. The third-order valence-electron chi connectivity index (χ3n) is 2.15. The highest BCUT2D eigenvalue weighted by atomic mass is 32.2. The molecule has 0 fully saturated rings. The normalized spacial score (nSPS) is 15.1. The second-order valence-electron chi connectivity index (χ2n) is 4.62. The smallest absolute Gasteiger partial charge is 0.0891 e. The summed E-state index contributed by atoms with van der Waals surface area (Å²) < 4.78 is 12.8. The van der Waals surface area contributed by atoms with Crippen LogP contribution < -0.4 is 0 Å². The molecule has 0 aliphatic heterocycles. The highest BCUT2D eigenvalue weighted by Crippen LogP contribution is 2.20. The summed E-state index contributed by atoms with van der Waals surface area (Å²) in [6.45, 7) is 6.68. The van der Waals surface area contributed by atoms with E-state index in [-0.39, 0.29) is 0 Å². The molecule has 15 heavy (non-hydrogen) atoms. The lowest BCUT2D eigenvalue weighted by molar-refractivity contribution is 0.691. The second kappa shape index (κ2) is 4.90. The van der Waals surface area contributed by atoms with Crippen LogP contribution in [0.1, 0.15) is 5.56 Å². The molecular weight excluding hydrogens is 220 g/mol. The minimum absolute atomic E-state index is 0.850. The quantitative estimate of drug-likeness (QED) is 0.739. The number of hydrogen-bond donors (Lipinski definition) is 0. The molecule has 0 aliphatic carbocycles. The Bertz CT molecular complexity index is 376. The molecule has 0 radical (unpaired) electrons. The lowest BCUT2D eigenvalue weighted by Gasteiger charge is -2.18. The standard InChI is InChI=1S/C12H18OSSi/c1-14(13)12(15(2,3)4)10-11-8-6-5-7-9-11/h5-10H,1-4H3/b12-10-. The molecule has 0 aliphatic rings. The Balaban J connectivity index is 3.12. The molecule has 1 nitrogen and oxygen atoms in total. The third kappa shape index (κ3) is 3.76. The molecule has 0 N–H and O–H groups in total. The largest absolute Gasteiger partial charge is 0.255 e. The first-order valence-corrected chi connectivity index (χ1v) is 10.1. The average Bonchev–Trinajstić information content (AvgIpc) is 2.13. The van der Waals surface area contributed by atoms with Crippen molar-refractivity contribution in [2.75, 3.05) is 6.26 Å². The van der Waals surface area contributed by atoms with Gasteiger partial charge in [-0.1, -0.05) is 50.0 Å². The van der Waals surface area contributed by atoms with Crippen molar-refractivity contribution in [3.05, 3.63) is 40.4 Å². The number of rotatable bonds is 3. The molecule has 0 heterocycles. The molecule has 0 saturated heterocycles. The lowest BCUT2D eigenvalue weighted by atomic mass is 10.2. The molecular formula is C12H18OSSi. The van der Waals surface area contributed by atoms with Crippen LogP contribution >= 0.6 is 0 Å². The summed E-state index contributed by atoms with van der Waals surface area (Å²) >= 11 is 0. The van der Waals surface area contributed by atoms with Gasteiger partial charge in [0.05, 0.1) is 8.07 Å². The van der Waals surface area contributed by atoms with Crippen LogP contribution in [0.2, 0.25) is 19.6 Å². The molecule has 0 amide bonds. The van der Waals surface area contributed by atoms with Crippen LogP contribution in [-0.4, -0.2) is 18.5 Å². The van der Waals surface area contributed by atoms with Crippen LogP contribution in [-0.2, 0) is 10.8 Å². The van der Waals surface area contributed by atoms with E-state index in [0.29, 0.717) is 0 Å². The van der Waals surface area contributed by atoms with Crippen LogP contribution in [0.3, 0.4) is 0 Å². The van der Waals surface area contributed by atoms with E-state index >= 15 is 0 Å². The Kier molecular flexibility index (Phi) is 4.05. The molecule has 1 rings (SSSR count). The zero-order valence-corrected chi connectivity index (χ0v) is 11.6. The van der Waals surface area contributed by atoms with Gasteiger partial charge in [0, 0.05) is 21.6 Å². The van der Waals surface area contributed by atoms with Gasteiger partial charge in [-0.2, -0.15) is 0 Å². The van der Waals surface area contributed by atoms with Crippen molar-refractivity contribution in [2.24, 2.45) is 0 Å². The molecule has 1 atom stereocenters. The third-order valence-corrected chi connectivity index (χ3v) is 7.21. The fraction of sp³-hybridized carbons (Fsp3) is 0.333. The van der Waals surface area contributed by atoms with Crippen LogP contribution in [0.25, 0.3) is 6.08 Å². The van der Waals surface area contributed by atoms with Crippen LogP contribution in [0.15, 0.2) is 34.9 Å². The van der Waals surface area contributed by atoms with Gasteiger partial charge >= 0.3 is 0 Å². The highest BCUT2D eigenvalue weighted by Gasteiger charge is 2.22. The van der Waals surface area contributed by atoms with Crippen LogP contribution in [0.5, 0.6) is 0 Å². The Morgan fingerprint density at radius 3 is 2.13 bits per heavy atom. The Morgan fingerprint density at radius 2 is 1.73 bits per heavy atom. The minimum Gasteiger partial charge on any atom is -0.255 e. The van der Waals surface area contributed by atoms with Crippen molar-refractivity contribution in [2.45, 2.75) is 19.6 Å². The highest BCUT2D eigenvalue weighted by molar-refractivity contribution is 7.91. The predicted molar refractivity (Wildman–Crippen MR) is 71.8 cm³/mol. The van der Waals surface area contributed by atoms with Crippen molar-refractivity contribution < 1.29 is 4.21 Å². The minimum atomic E-state index is -1.47. The molecule has 0 aromatic heterocycles.